The fraction of sp³-hybridized carbons (Fsp3) is 0.688. The maximum absolute atomic E-state index is 11.9. The number of ether oxygens (including phenoxy) is 3. The molecular formula is C16H26N2O4S. The summed E-state index contributed by atoms with van der Waals surface area (Å²) in [6, 6.07) is 1.62. The Morgan fingerprint density at radius 1 is 1.17 bits per heavy atom. The van der Waals surface area contributed by atoms with Crippen LogP contribution in [-0.4, -0.2) is 42.0 Å². The zero-order valence-electron chi connectivity index (χ0n) is 14.9. The van der Waals surface area contributed by atoms with Crippen LogP contribution in [-0.2, 0) is 9.53 Å². The molecule has 0 aromatic carbocycles. The van der Waals surface area contributed by atoms with E-state index in [2.05, 4.69) is 23.8 Å². The number of thioether (sulfide) groups is 1. The highest BCUT2D eigenvalue weighted by molar-refractivity contribution is 7.99. The summed E-state index contributed by atoms with van der Waals surface area (Å²) in [6.45, 7) is 9.95. The third-order valence-electron chi connectivity index (χ3n) is 3.07. The molecule has 0 radical (unpaired) electrons. The van der Waals surface area contributed by atoms with E-state index in [9.17, 15) is 4.79 Å². The molecule has 0 spiro atoms. The van der Waals surface area contributed by atoms with Crippen LogP contribution in [0, 0.1) is 11.3 Å². The van der Waals surface area contributed by atoms with Gasteiger partial charge in [0.05, 0.1) is 25.7 Å². The van der Waals surface area contributed by atoms with Gasteiger partial charge in [0.1, 0.15) is 6.61 Å². The van der Waals surface area contributed by atoms with Crippen LogP contribution < -0.4 is 9.47 Å². The van der Waals surface area contributed by atoms with Crippen molar-refractivity contribution in [3.05, 3.63) is 6.07 Å². The summed E-state index contributed by atoms with van der Waals surface area (Å²) in [6.07, 6.45) is 0. The van der Waals surface area contributed by atoms with Crippen molar-refractivity contribution in [1.82, 2.24) is 9.97 Å². The van der Waals surface area contributed by atoms with Crippen molar-refractivity contribution in [3.63, 3.8) is 0 Å². The van der Waals surface area contributed by atoms with Crippen molar-refractivity contribution in [2.75, 3.05) is 20.8 Å². The molecule has 23 heavy (non-hydrogen) atoms. The number of esters is 1. The van der Waals surface area contributed by atoms with Crippen molar-refractivity contribution in [2.45, 2.75) is 45.0 Å². The zero-order chi connectivity index (χ0) is 17.6. The highest BCUT2D eigenvalue weighted by Crippen LogP contribution is 2.29. The third kappa shape index (κ3) is 6.25. The van der Waals surface area contributed by atoms with Gasteiger partial charge in [0.25, 0.3) is 0 Å². The van der Waals surface area contributed by atoms with Crippen LogP contribution in [0.25, 0.3) is 0 Å². The van der Waals surface area contributed by atoms with Gasteiger partial charge in [0, 0.05) is 5.25 Å². The molecule has 0 aliphatic heterocycles. The largest absolute Gasteiger partial charge is 0.481 e. The minimum Gasteiger partial charge on any atom is -0.481 e. The zero-order valence-corrected chi connectivity index (χ0v) is 15.7. The van der Waals surface area contributed by atoms with Gasteiger partial charge in [-0.25, -0.2) is 0 Å². The second-order valence-corrected chi connectivity index (χ2v) is 7.69. The summed E-state index contributed by atoms with van der Waals surface area (Å²) in [5.41, 5.74) is -0.512. The van der Waals surface area contributed by atoms with Crippen molar-refractivity contribution in [3.8, 4) is 11.8 Å². The summed E-state index contributed by atoms with van der Waals surface area (Å²) in [7, 11) is 3.09. The van der Waals surface area contributed by atoms with Gasteiger partial charge < -0.3 is 14.2 Å². The number of rotatable bonds is 7. The predicted octanol–water partition coefficient (Wildman–Crippen LogP) is 3.20. The number of carbonyl (C=O) groups is 1. The van der Waals surface area contributed by atoms with Crippen molar-refractivity contribution in [1.29, 1.82) is 0 Å². The summed E-state index contributed by atoms with van der Waals surface area (Å²) in [4.78, 5) is 20.6. The van der Waals surface area contributed by atoms with Crippen molar-refractivity contribution < 1.29 is 19.0 Å². The van der Waals surface area contributed by atoms with Gasteiger partial charge in [-0.2, -0.15) is 9.97 Å². The lowest BCUT2D eigenvalue weighted by Crippen LogP contribution is -2.28. The molecule has 1 atom stereocenters. The molecule has 7 heteroatoms. The van der Waals surface area contributed by atoms with E-state index in [1.54, 1.807) is 20.3 Å². The predicted molar refractivity (Wildman–Crippen MR) is 90.0 cm³/mol. The Bertz CT molecular complexity index is 507. The lowest BCUT2D eigenvalue weighted by Gasteiger charge is -2.22. The van der Waals surface area contributed by atoms with Gasteiger partial charge >= 0.3 is 5.97 Å². The number of methoxy groups -OCH3 is 2. The molecule has 6 nitrogen and oxygen atoms in total. The maximum atomic E-state index is 11.9. The second-order valence-electron chi connectivity index (χ2n) is 6.48. The molecule has 1 rings (SSSR count). The number of nitrogens with zero attached hydrogens (tertiary/aromatic N) is 2. The van der Waals surface area contributed by atoms with E-state index in [0.717, 1.165) is 0 Å². The van der Waals surface area contributed by atoms with Gasteiger partial charge in [-0.05, 0) is 26.7 Å². The quantitative estimate of drug-likeness (QED) is 0.428. The number of hydrogen-bond donors (Lipinski definition) is 0. The molecule has 0 aliphatic rings. The first-order valence-electron chi connectivity index (χ1n) is 7.48. The van der Waals surface area contributed by atoms with Crippen LogP contribution >= 0.6 is 11.8 Å². The first kappa shape index (κ1) is 19.5. The standard InChI is InChI=1S/C16H26N2O4S/c1-10(2)11(9-22-14(19)16(3,4)5)23-15-17-12(20-6)8-13(18-15)21-7/h8,10-11H,9H2,1-7H3. The normalized spacial score (nSPS) is 12.9. The smallest absolute Gasteiger partial charge is 0.311 e. The van der Waals surface area contributed by atoms with Crippen molar-refractivity contribution >= 4 is 17.7 Å². The van der Waals surface area contributed by atoms with E-state index in [4.69, 9.17) is 14.2 Å². The van der Waals surface area contributed by atoms with Crippen LogP contribution in [0.3, 0.4) is 0 Å². The van der Waals surface area contributed by atoms with Crippen LogP contribution in [0.1, 0.15) is 34.6 Å². The summed E-state index contributed by atoms with van der Waals surface area (Å²) < 4.78 is 15.7. The fourth-order valence-corrected chi connectivity index (χ4v) is 2.48. The van der Waals surface area contributed by atoms with Crippen LogP contribution in [0.2, 0.25) is 0 Å². The molecule has 0 fully saturated rings. The Labute approximate surface area is 142 Å². The number of aromatic nitrogens is 2. The van der Waals surface area contributed by atoms with Gasteiger partial charge in [-0.1, -0.05) is 25.6 Å². The van der Waals surface area contributed by atoms with E-state index in [0.29, 0.717) is 23.5 Å². The summed E-state index contributed by atoms with van der Waals surface area (Å²) in [5, 5.41) is 0.574. The molecule has 0 amide bonds. The average molecular weight is 342 g/mol. The SMILES string of the molecule is COc1cc(OC)nc(SC(COC(=O)C(C)(C)C)C(C)C)n1. The maximum Gasteiger partial charge on any atom is 0.311 e. The molecule has 1 unspecified atom stereocenters. The summed E-state index contributed by atoms with van der Waals surface area (Å²) in [5.74, 6) is 0.948. The highest BCUT2D eigenvalue weighted by atomic mass is 32.2. The fourth-order valence-electron chi connectivity index (χ4n) is 1.52. The molecule has 1 aromatic heterocycles. The molecule has 0 aliphatic carbocycles. The van der Waals surface area contributed by atoms with Gasteiger partial charge in [-0.3, -0.25) is 4.79 Å². The Kier molecular flexibility index (Phi) is 7.12. The summed E-state index contributed by atoms with van der Waals surface area (Å²) >= 11 is 1.45. The number of hydrogen-bond acceptors (Lipinski definition) is 7. The van der Waals surface area contributed by atoms with Gasteiger partial charge in [-0.15, -0.1) is 0 Å². The lowest BCUT2D eigenvalue weighted by atomic mass is 9.97. The average Bonchev–Trinajstić information content (AvgIpc) is 2.49. The van der Waals surface area contributed by atoms with E-state index in [1.807, 2.05) is 20.8 Å². The monoisotopic (exact) mass is 342 g/mol. The minimum atomic E-state index is -0.512. The number of carbonyl (C=O) groups excluding carboxylic acids is 1. The van der Waals surface area contributed by atoms with E-state index >= 15 is 0 Å². The Hall–Kier alpha value is -1.50. The van der Waals surface area contributed by atoms with Crippen LogP contribution in [0.5, 0.6) is 11.8 Å². The molecule has 1 aromatic rings. The first-order valence-corrected chi connectivity index (χ1v) is 8.36. The molecule has 0 saturated heterocycles. The Balaban J connectivity index is 2.82. The third-order valence-corrected chi connectivity index (χ3v) is 4.44. The molecule has 0 saturated carbocycles. The second kappa shape index (κ2) is 8.38. The van der Waals surface area contributed by atoms with Gasteiger partial charge in [0.2, 0.25) is 11.8 Å². The van der Waals surface area contributed by atoms with E-state index in [-0.39, 0.29) is 17.1 Å². The first-order chi connectivity index (χ1) is 10.7. The Morgan fingerprint density at radius 3 is 2.09 bits per heavy atom. The van der Waals surface area contributed by atoms with E-state index < -0.39 is 5.41 Å². The molecule has 0 bridgehead atoms. The lowest BCUT2D eigenvalue weighted by molar-refractivity contribution is -0.153. The minimum absolute atomic E-state index is 0.0399. The van der Waals surface area contributed by atoms with Crippen LogP contribution in [0.15, 0.2) is 11.2 Å². The topological polar surface area (TPSA) is 70.5 Å². The van der Waals surface area contributed by atoms with Crippen molar-refractivity contribution in [2.24, 2.45) is 11.3 Å². The van der Waals surface area contributed by atoms with Gasteiger partial charge in [0.15, 0.2) is 5.16 Å². The molecule has 0 N–H and O–H groups in total. The highest BCUT2D eigenvalue weighted by Gasteiger charge is 2.26. The Morgan fingerprint density at radius 2 is 1.70 bits per heavy atom. The molecular weight excluding hydrogens is 316 g/mol. The molecule has 130 valence electrons. The van der Waals surface area contributed by atoms with E-state index in [1.165, 1.54) is 11.8 Å². The molecule has 1 heterocycles. The van der Waals surface area contributed by atoms with Crippen LogP contribution in [0.4, 0.5) is 0 Å².